The molecule has 10 nitrogen and oxygen atoms in total. The molecule has 2 aliphatic heterocycles. The van der Waals surface area contributed by atoms with Crippen LogP contribution in [0.25, 0.3) is 21.9 Å². The van der Waals surface area contributed by atoms with Gasteiger partial charge in [0.15, 0.2) is 11.6 Å². The van der Waals surface area contributed by atoms with Gasteiger partial charge in [-0.2, -0.15) is 0 Å². The summed E-state index contributed by atoms with van der Waals surface area (Å²) in [6.45, 7) is 6.04. The van der Waals surface area contributed by atoms with E-state index in [1.54, 1.807) is 24.0 Å². The van der Waals surface area contributed by atoms with Crippen LogP contribution in [0.1, 0.15) is 69.1 Å². The highest BCUT2D eigenvalue weighted by Gasteiger charge is 2.36. The maximum Gasteiger partial charge on any atom is 0.261 e. The highest BCUT2D eigenvalue weighted by atomic mass is 32.1. The van der Waals surface area contributed by atoms with Crippen LogP contribution >= 0.6 is 11.3 Å². The summed E-state index contributed by atoms with van der Waals surface area (Å²) in [6, 6.07) is 6.92. The minimum atomic E-state index is -0.983. The third kappa shape index (κ3) is 6.12. The molecule has 0 radical (unpaired) electrons. The summed E-state index contributed by atoms with van der Waals surface area (Å²) < 4.78 is 44.6. The van der Waals surface area contributed by atoms with Crippen molar-refractivity contribution in [3.8, 4) is 21.9 Å². The summed E-state index contributed by atoms with van der Waals surface area (Å²) in [6.07, 6.45) is 2.32. The minimum Gasteiger partial charge on any atom is -0.421 e. The molecule has 0 aliphatic carbocycles. The Labute approximate surface area is 256 Å². The van der Waals surface area contributed by atoms with E-state index in [1.165, 1.54) is 17.4 Å². The molecule has 0 atom stereocenters. The van der Waals surface area contributed by atoms with Crippen LogP contribution in [-0.4, -0.2) is 57.8 Å². The first-order chi connectivity index (χ1) is 21.3. The molecular weight excluding hydrogens is 592 g/mol. The number of carbonyl (C=O) groups excluding carboxylic acids is 2. The third-order valence-electron chi connectivity index (χ3n) is 7.56. The SMILES string of the molecule is CCCN1Cc2nc(COC3CCOCC3)c(-c3nnc(C)o3)c(-c3ccc(C(=O)NCc4ccc(F)c(F)c4)s3)c2C1=O. The molecule has 44 heavy (non-hydrogen) atoms. The molecule has 0 saturated carbocycles. The van der Waals surface area contributed by atoms with Gasteiger partial charge in [-0.1, -0.05) is 13.0 Å². The summed E-state index contributed by atoms with van der Waals surface area (Å²) in [5.41, 5.74) is 3.12. The Kier molecular flexibility index (Phi) is 8.78. The van der Waals surface area contributed by atoms with Gasteiger partial charge < -0.3 is 24.1 Å². The van der Waals surface area contributed by atoms with E-state index in [0.717, 1.165) is 31.4 Å². The lowest BCUT2D eigenvalue weighted by atomic mass is 9.97. The molecule has 1 saturated heterocycles. The van der Waals surface area contributed by atoms with Crippen molar-refractivity contribution in [2.24, 2.45) is 0 Å². The van der Waals surface area contributed by atoms with Crippen LogP contribution in [0.5, 0.6) is 0 Å². The molecular formula is C31H31F2N5O5S. The number of benzene rings is 1. The van der Waals surface area contributed by atoms with E-state index in [9.17, 15) is 18.4 Å². The second kappa shape index (κ2) is 12.9. The molecule has 1 N–H and O–H groups in total. The van der Waals surface area contributed by atoms with E-state index in [-0.39, 0.29) is 31.1 Å². The number of hydrogen-bond acceptors (Lipinski definition) is 9. The summed E-state index contributed by atoms with van der Waals surface area (Å²) in [4.78, 5) is 34.6. The predicted octanol–water partition coefficient (Wildman–Crippen LogP) is 5.44. The molecule has 2 aliphatic rings. The van der Waals surface area contributed by atoms with Crippen molar-refractivity contribution >= 4 is 23.2 Å². The van der Waals surface area contributed by atoms with Crippen LogP contribution in [0.2, 0.25) is 0 Å². The van der Waals surface area contributed by atoms with E-state index in [2.05, 4.69) is 15.5 Å². The maximum absolute atomic E-state index is 13.8. The van der Waals surface area contributed by atoms with Crippen LogP contribution in [-0.2, 0) is 29.2 Å². The van der Waals surface area contributed by atoms with Gasteiger partial charge in [0.05, 0.1) is 46.6 Å². The van der Waals surface area contributed by atoms with Gasteiger partial charge in [0.2, 0.25) is 11.8 Å². The van der Waals surface area contributed by atoms with E-state index in [0.29, 0.717) is 75.6 Å². The summed E-state index contributed by atoms with van der Waals surface area (Å²) in [5, 5.41) is 11.1. The maximum atomic E-state index is 13.8. The lowest BCUT2D eigenvalue weighted by Gasteiger charge is -2.23. The van der Waals surface area contributed by atoms with Crippen molar-refractivity contribution in [1.29, 1.82) is 0 Å². The minimum absolute atomic E-state index is 0.00404. The van der Waals surface area contributed by atoms with Gasteiger partial charge in [-0.05, 0) is 49.1 Å². The Hall–Kier alpha value is -4.07. The lowest BCUT2D eigenvalue weighted by molar-refractivity contribution is -0.0398. The molecule has 3 aromatic heterocycles. The van der Waals surface area contributed by atoms with Crippen molar-refractivity contribution in [3.63, 3.8) is 0 Å². The van der Waals surface area contributed by atoms with E-state index in [4.69, 9.17) is 18.9 Å². The second-order valence-electron chi connectivity index (χ2n) is 10.7. The number of hydrogen-bond donors (Lipinski definition) is 1. The quantitative estimate of drug-likeness (QED) is 0.248. The predicted molar refractivity (Wildman–Crippen MR) is 157 cm³/mol. The highest BCUT2D eigenvalue weighted by Crippen LogP contribution is 2.44. The fraction of sp³-hybridized carbons (Fsp3) is 0.387. The van der Waals surface area contributed by atoms with E-state index < -0.39 is 17.5 Å². The van der Waals surface area contributed by atoms with Crippen molar-refractivity contribution in [2.75, 3.05) is 19.8 Å². The number of ether oxygens (including phenoxy) is 2. The molecule has 2 amide bonds. The number of aromatic nitrogens is 3. The largest absolute Gasteiger partial charge is 0.421 e. The number of nitrogens with zero attached hydrogens (tertiary/aromatic N) is 4. The van der Waals surface area contributed by atoms with Crippen molar-refractivity contribution in [2.45, 2.75) is 58.9 Å². The number of halogens is 2. The van der Waals surface area contributed by atoms with Gasteiger partial charge in [-0.15, -0.1) is 21.5 Å². The van der Waals surface area contributed by atoms with Crippen molar-refractivity contribution < 1.29 is 32.3 Å². The molecule has 13 heteroatoms. The Morgan fingerprint density at radius 1 is 1.11 bits per heavy atom. The van der Waals surface area contributed by atoms with Crippen LogP contribution in [0.15, 0.2) is 34.7 Å². The Morgan fingerprint density at radius 3 is 2.66 bits per heavy atom. The Morgan fingerprint density at radius 2 is 1.93 bits per heavy atom. The van der Waals surface area contributed by atoms with Crippen LogP contribution in [0.3, 0.4) is 0 Å². The molecule has 4 aromatic rings. The number of aryl methyl sites for hydroxylation is 1. The Bertz CT molecular complexity index is 1700. The summed E-state index contributed by atoms with van der Waals surface area (Å²) >= 11 is 1.20. The average Bonchev–Trinajstić information content (AvgIpc) is 3.76. The monoisotopic (exact) mass is 623 g/mol. The zero-order chi connectivity index (χ0) is 30.8. The molecule has 6 rings (SSSR count). The molecule has 0 spiro atoms. The summed E-state index contributed by atoms with van der Waals surface area (Å²) in [7, 11) is 0. The number of carbonyl (C=O) groups is 2. The van der Waals surface area contributed by atoms with E-state index in [1.807, 2.05) is 6.92 Å². The first-order valence-electron chi connectivity index (χ1n) is 14.5. The Balaban J connectivity index is 1.39. The molecule has 1 fully saturated rings. The van der Waals surface area contributed by atoms with Crippen molar-refractivity contribution in [1.82, 2.24) is 25.4 Å². The van der Waals surface area contributed by atoms with Gasteiger partial charge in [0, 0.05) is 43.7 Å². The average molecular weight is 624 g/mol. The number of amides is 2. The number of nitrogens with one attached hydrogen (secondary N) is 1. The van der Waals surface area contributed by atoms with Crippen LogP contribution < -0.4 is 5.32 Å². The van der Waals surface area contributed by atoms with Gasteiger partial charge in [-0.25, -0.2) is 8.78 Å². The fourth-order valence-electron chi connectivity index (χ4n) is 5.43. The molecule has 0 bridgehead atoms. The fourth-order valence-corrected chi connectivity index (χ4v) is 6.41. The molecule has 0 unspecified atom stereocenters. The topological polar surface area (TPSA) is 120 Å². The first-order valence-corrected chi connectivity index (χ1v) is 15.3. The smallest absolute Gasteiger partial charge is 0.261 e. The van der Waals surface area contributed by atoms with E-state index >= 15 is 0 Å². The standard InChI is InChI=1S/C31H31F2N5O5S/c1-3-10-38-15-22-27(31(38)40)28(24-6-7-25(44-24)29(39)34-14-18-4-5-20(32)21(33)13-18)26(30-37-36-17(2)43-30)23(35-22)16-42-19-8-11-41-12-9-19/h4-7,13,19H,3,8-12,14-16H2,1-2H3,(H,34,39). The number of pyridine rings is 1. The second-order valence-corrected chi connectivity index (χ2v) is 11.8. The van der Waals surface area contributed by atoms with Gasteiger partial charge in [0.25, 0.3) is 11.8 Å². The third-order valence-corrected chi connectivity index (χ3v) is 8.66. The van der Waals surface area contributed by atoms with Crippen LogP contribution in [0, 0.1) is 18.6 Å². The van der Waals surface area contributed by atoms with Crippen LogP contribution in [0.4, 0.5) is 8.78 Å². The normalized spacial score (nSPS) is 15.2. The van der Waals surface area contributed by atoms with Gasteiger partial charge in [0.1, 0.15) is 0 Å². The molecule has 1 aromatic carbocycles. The van der Waals surface area contributed by atoms with Gasteiger partial charge >= 0.3 is 0 Å². The number of fused-ring (bicyclic) bond motifs is 1. The van der Waals surface area contributed by atoms with Gasteiger partial charge in [-0.3, -0.25) is 14.6 Å². The zero-order valence-electron chi connectivity index (χ0n) is 24.3. The first kappa shape index (κ1) is 30.0. The highest BCUT2D eigenvalue weighted by molar-refractivity contribution is 7.17. The number of rotatable bonds is 10. The molecule has 5 heterocycles. The van der Waals surface area contributed by atoms with Crippen molar-refractivity contribution in [3.05, 3.63) is 75.2 Å². The number of thiophene rings is 1. The zero-order valence-corrected chi connectivity index (χ0v) is 25.1. The molecule has 230 valence electrons. The summed E-state index contributed by atoms with van der Waals surface area (Å²) in [5.74, 6) is -1.93. The lowest BCUT2D eigenvalue weighted by Crippen LogP contribution is -2.24.